The Bertz CT molecular complexity index is 800. The molecule has 8 heteroatoms. The average Bonchev–Trinajstić information content (AvgIpc) is 3.24. The first-order valence-electron chi connectivity index (χ1n) is 9.06. The van der Waals surface area contributed by atoms with Crippen LogP contribution in [0.2, 0.25) is 0 Å². The van der Waals surface area contributed by atoms with Gasteiger partial charge >= 0.3 is 0 Å². The van der Waals surface area contributed by atoms with Gasteiger partial charge in [-0.25, -0.2) is 9.67 Å². The lowest BCUT2D eigenvalue weighted by molar-refractivity contribution is -0.175. The quantitative estimate of drug-likeness (QED) is 0.350. The largest absolute Gasteiger partial charge is 0.462 e. The molecule has 2 aliphatic rings. The van der Waals surface area contributed by atoms with Crippen LogP contribution in [0.4, 0.5) is 0 Å². The van der Waals surface area contributed by atoms with Crippen LogP contribution in [0.1, 0.15) is 19.8 Å². The van der Waals surface area contributed by atoms with E-state index in [9.17, 15) is 0 Å². The van der Waals surface area contributed by atoms with Crippen molar-refractivity contribution >= 4 is 23.2 Å². The first-order chi connectivity index (χ1) is 13.6. The second-order valence-electron chi connectivity index (χ2n) is 6.50. The van der Waals surface area contributed by atoms with Crippen LogP contribution in [0, 0.1) is 0 Å². The fourth-order valence-electron chi connectivity index (χ4n) is 2.90. The molecule has 28 heavy (non-hydrogen) atoms. The van der Waals surface area contributed by atoms with E-state index in [4.69, 9.17) is 37.4 Å². The van der Waals surface area contributed by atoms with E-state index < -0.39 is 5.79 Å². The van der Waals surface area contributed by atoms with E-state index in [1.165, 1.54) is 6.33 Å². The van der Waals surface area contributed by atoms with E-state index in [-0.39, 0.29) is 6.10 Å². The van der Waals surface area contributed by atoms with Crippen molar-refractivity contribution in [1.29, 1.82) is 0 Å². The Labute approximate surface area is 174 Å². The number of aromatic nitrogens is 3. The Morgan fingerprint density at radius 2 is 2.36 bits per heavy atom. The Morgan fingerprint density at radius 3 is 3.07 bits per heavy atom. The number of alkyl halides is 1. The molecule has 1 saturated heterocycles. The van der Waals surface area contributed by atoms with Gasteiger partial charge in [0.1, 0.15) is 24.2 Å². The lowest BCUT2D eigenvalue weighted by Crippen LogP contribution is -2.35. The maximum atomic E-state index is 6.05. The first-order valence-corrected chi connectivity index (χ1v) is 9.97. The van der Waals surface area contributed by atoms with Crippen LogP contribution in [-0.2, 0) is 20.8 Å². The molecule has 0 bridgehead atoms. The number of halogens is 2. The number of hydrogen-bond donors (Lipinski definition) is 0. The van der Waals surface area contributed by atoms with Gasteiger partial charge < -0.3 is 14.2 Å². The normalized spacial score (nSPS) is 25.7. The van der Waals surface area contributed by atoms with Gasteiger partial charge in [-0.15, -0.1) is 11.6 Å². The van der Waals surface area contributed by atoms with Gasteiger partial charge in [0, 0.05) is 23.8 Å². The summed E-state index contributed by atoms with van der Waals surface area (Å²) in [6, 6.07) is 0. The highest BCUT2D eigenvalue weighted by atomic mass is 35.5. The van der Waals surface area contributed by atoms with E-state index in [2.05, 4.69) is 10.1 Å². The van der Waals surface area contributed by atoms with Gasteiger partial charge in [-0.1, -0.05) is 23.8 Å². The molecule has 1 aliphatic carbocycles. The van der Waals surface area contributed by atoms with Crippen molar-refractivity contribution in [2.75, 3.05) is 12.5 Å². The molecule has 0 N–H and O–H groups in total. The predicted molar refractivity (Wildman–Crippen MR) is 109 cm³/mol. The molecule has 1 aliphatic heterocycles. The molecule has 0 aromatic carbocycles. The van der Waals surface area contributed by atoms with E-state index in [0.29, 0.717) is 42.7 Å². The molecule has 1 aromatic rings. The maximum Gasteiger partial charge on any atom is 0.192 e. The molecular weight excluding hydrogens is 401 g/mol. The fraction of sp³-hybridized carbons (Fsp3) is 0.400. The second kappa shape index (κ2) is 10.1. The molecule has 6 nitrogen and oxygen atoms in total. The zero-order valence-corrected chi connectivity index (χ0v) is 17.1. The Balaban J connectivity index is 1.66. The molecule has 0 amide bonds. The Kier molecular flexibility index (Phi) is 7.50. The molecular formula is C20H23Cl2N3O3. The van der Waals surface area contributed by atoms with E-state index in [1.807, 2.05) is 43.4 Å². The maximum absolute atomic E-state index is 6.05. The first kappa shape index (κ1) is 20.9. The third-order valence-electron chi connectivity index (χ3n) is 4.13. The minimum Gasteiger partial charge on any atom is -0.462 e. The lowest BCUT2D eigenvalue weighted by Gasteiger charge is -2.26. The van der Waals surface area contributed by atoms with Crippen molar-refractivity contribution in [3.05, 3.63) is 71.7 Å². The van der Waals surface area contributed by atoms with E-state index in [0.717, 1.165) is 5.76 Å². The number of allylic oxidation sites excluding steroid dienone is 7. The van der Waals surface area contributed by atoms with Crippen molar-refractivity contribution in [3.63, 3.8) is 0 Å². The summed E-state index contributed by atoms with van der Waals surface area (Å²) in [5, 5.41) is 4.82. The summed E-state index contributed by atoms with van der Waals surface area (Å²) in [5.41, 5.74) is 0. The predicted octanol–water partition coefficient (Wildman–Crippen LogP) is 4.46. The average molecular weight is 424 g/mol. The summed E-state index contributed by atoms with van der Waals surface area (Å²) in [5.74, 6) is 0.999. The molecule has 2 heterocycles. The molecule has 150 valence electrons. The van der Waals surface area contributed by atoms with Crippen LogP contribution in [0.15, 0.2) is 71.7 Å². The highest BCUT2D eigenvalue weighted by molar-refractivity contribution is 6.31. The summed E-state index contributed by atoms with van der Waals surface area (Å²) in [4.78, 5) is 3.98. The van der Waals surface area contributed by atoms with Gasteiger partial charge in [-0.05, 0) is 37.3 Å². The van der Waals surface area contributed by atoms with Crippen molar-refractivity contribution in [2.45, 2.75) is 38.2 Å². The van der Waals surface area contributed by atoms with Gasteiger partial charge in [0.15, 0.2) is 5.79 Å². The Morgan fingerprint density at radius 1 is 1.46 bits per heavy atom. The standard InChI is InChI=1S/C20H23Cl2N3O3/c1-16-12-26-20(28-16,13-25-15-23-14-24-25)10-3-6-19(9-11-21)27-18-5-2-4-17(22)7-8-18/h2-4,6-9,14-16H,5,10-13H2,1H3/b6-3-,19-9+. The molecule has 2 unspecified atom stereocenters. The zero-order valence-electron chi connectivity index (χ0n) is 15.6. The zero-order chi connectivity index (χ0) is 19.8. The summed E-state index contributed by atoms with van der Waals surface area (Å²) in [6.07, 6.45) is 17.4. The van der Waals surface area contributed by atoms with Gasteiger partial charge in [-0.2, -0.15) is 5.10 Å². The van der Waals surface area contributed by atoms with Gasteiger partial charge in [-0.3, -0.25) is 0 Å². The minimum atomic E-state index is -0.781. The van der Waals surface area contributed by atoms with Crippen molar-refractivity contribution in [3.8, 4) is 0 Å². The van der Waals surface area contributed by atoms with Crippen molar-refractivity contribution in [1.82, 2.24) is 14.8 Å². The monoisotopic (exact) mass is 423 g/mol. The smallest absolute Gasteiger partial charge is 0.192 e. The minimum absolute atomic E-state index is 0.0190. The topological polar surface area (TPSA) is 58.4 Å². The van der Waals surface area contributed by atoms with Crippen molar-refractivity contribution in [2.24, 2.45) is 0 Å². The Hall–Kier alpha value is -1.86. The van der Waals surface area contributed by atoms with Crippen LogP contribution < -0.4 is 0 Å². The van der Waals surface area contributed by atoms with E-state index in [1.54, 1.807) is 17.1 Å². The summed E-state index contributed by atoms with van der Waals surface area (Å²) < 4.78 is 19.7. The van der Waals surface area contributed by atoms with Crippen LogP contribution in [0.5, 0.6) is 0 Å². The highest BCUT2D eigenvalue weighted by Crippen LogP contribution is 2.30. The van der Waals surface area contributed by atoms with E-state index >= 15 is 0 Å². The van der Waals surface area contributed by atoms with Crippen LogP contribution in [0.25, 0.3) is 0 Å². The van der Waals surface area contributed by atoms with Crippen molar-refractivity contribution < 1.29 is 14.2 Å². The SMILES string of the molecule is CC1COC(C/C=C\C(=C/CCl)OC2=CC=C(Cl)C=CC2)(Cn2cncn2)O1. The summed E-state index contributed by atoms with van der Waals surface area (Å²) in [6.45, 7) is 2.98. The molecule has 2 atom stereocenters. The van der Waals surface area contributed by atoms with Crippen LogP contribution in [0.3, 0.4) is 0 Å². The number of rotatable bonds is 8. The lowest BCUT2D eigenvalue weighted by atomic mass is 10.1. The third kappa shape index (κ3) is 6.07. The highest BCUT2D eigenvalue weighted by Gasteiger charge is 2.39. The number of hydrogen-bond acceptors (Lipinski definition) is 5. The third-order valence-corrected chi connectivity index (χ3v) is 4.54. The van der Waals surface area contributed by atoms with Crippen LogP contribution >= 0.6 is 23.2 Å². The second-order valence-corrected chi connectivity index (χ2v) is 7.25. The number of ether oxygens (including phenoxy) is 3. The van der Waals surface area contributed by atoms with Gasteiger partial charge in [0.05, 0.1) is 19.3 Å². The van der Waals surface area contributed by atoms with Crippen LogP contribution in [-0.4, -0.2) is 39.1 Å². The molecule has 0 radical (unpaired) electrons. The van der Waals surface area contributed by atoms with Gasteiger partial charge in [0.2, 0.25) is 0 Å². The summed E-state index contributed by atoms with van der Waals surface area (Å²) in [7, 11) is 0. The molecule has 0 saturated carbocycles. The summed E-state index contributed by atoms with van der Waals surface area (Å²) >= 11 is 11.9. The fourth-order valence-corrected chi connectivity index (χ4v) is 3.21. The molecule has 3 rings (SSSR count). The molecule has 1 aromatic heterocycles. The molecule has 1 fully saturated rings. The number of nitrogens with zero attached hydrogens (tertiary/aromatic N) is 3. The molecule has 0 spiro atoms. The van der Waals surface area contributed by atoms with Gasteiger partial charge in [0.25, 0.3) is 0 Å².